The fourth-order valence-electron chi connectivity index (χ4n) is 1.46. The predicted molar refractivity (Wildman–Crippen MR) is 72.2 cm³/mol. The Morgan fingerprint density at radius 2 is 2.11 bits per heavy atom. The van der Waals surface area contributed by atoms with Crippen molar-refractivity contribution in [2.24, 2.45) is 0 Å². The number of rotatable bonds is 3. The molecule has 0 saturated heterocycles. The molecule has 0 radical (unpaired) electrons. The highest BCUT2D eigenvalue weighted by Crippen LogP contribution is 2.35. The number of halogens is 2. The number of nitrogens with two attached hydrogens (primary N) is 1. The lowest BCUT2D eigenvalue weighted by molar-refractivity contribution is 0.0512. The van der Waals surface area contributed by atoms with Gasteiger partial charge >= 0.3 is 5.97 Å². The highest BCUT2D eigenvalue weighted by atomic mass is 35.5. The molecule has 1 aromatic carbocycles. The number of H-pyrrole nitrogens is 1. The van der Waals surface area contributed by atoms with Gasteiger partial charge in [0.15, 0.2) is 5.82 Å². The maximum atomic E-state index is 11.5. The van der Waals surface area contributed by atoms with E-state index in [1.807, 2.05) is 0 Å². The van der Waals surface area contributed by atoms with Crippen LogP contribution in [0.2, 0.25) is 10.0 Å². The van der Waals surface area contributed by atoms with Crippen LogP contribution in [0.3, 0.4) is 0 Å². The lowest BCUT2D eigenvalue weighted by Crippen LogP contribution is -2.06. The number of aromatic nitrogens is 3. The molecule has 0 atom stereocenters. The van der Waals surface area contributed by atoms with Gasteiger partial charge in [-0.3, -0.25) is 5.10 Å². The Labute approximate surface area is 118 Å². The number of nitrogen functional groups attached to an aromatic ring is 1. The molecule has 1 aromatic heterocycles. The quantitative estimate of drug-likeness (QED) is 0.671. The summed E-state index contributed by atoms with van der Waals surface area (Å²) in [6.07, 6.45) is 0. The van der Waals surface area contributed by atoms with Crippen LogP contribution in [-0.2, 0) is 4.74 Å². The van der Waals surface area contributed by atoms with Gasteiger partial charge < -0.3 is 10.5 Å². The molecule has 0 saturated carbocycles. The Kier molecular flexibility index (Phi) is 3.92. The third kappa shape index (κ3) is 2.64. The number of ether oxygens (including phenoxy) is 1. The molecular formula is C11H10Cl2N4O2. The molecule has 19 heavy (non-hydrogen) atoms. The van der Waals surface area contributed by atoms with E-state index in [-0.39, 0.29) is 23.9 Å². The number of hydrogen-bond donors (Lipinski definition) is 2. The first kappa shape index (κ1) is 13.6. The molecule has 1 heterocycles. The lowest BCUT2D eigenvalue weighted by Gasteiger charge is -2.05. The molecule has 3 N–H and O–H groups in total. The van der Waals surface area contributed by atoms with Gasteiger partial charge in [0.2, 0.25) is 5.82 Å². The largest absolute Gasteiger partial charge is 0.460 e. The minimum atomic E-state index is -0.599. The van der Waals surface area contributed by atoms with E-state index in [2.05, 4.69) is 15.2 Å². The highest BCUT2D eigenvalue weighted by molar-refractivity contribution is 6.37. The average Bonchev–Trinajstić information content (AvgIpc) is 2.84. The molecular weight excluding hydrogens is 291 g/mol. The van der Waals surface area contributed by atoms with Gasteiger partial charge in [-0.15, -0.1) is 0 Å². The summed E-state index contributed by atoms with van der Waals surface area (Å²) in [7, 11) is 0. The van der Waals surface area contributed by atoms with Crippen molar-refractivity contribution < 1.29 is 9.53 Å². The van der Waals surface area contributed by atoms with Crippen molar-refractivity contribution in [1.82, 2.24) is 15.2 Å². The van der Waals surface area contributed by atoms with E-state index < -0.39 is 5.97 Å². The van der Waals surface area contributed by atoms with Crippen molar-refractivity contribution in [2.45, 2.75) is 6.92 Å². The van der Waals surface area contributed by atoms with Crippen molar-refractivity contribution in [1.29, 1.82) is 0 Å². The van der Waals surface area contributed by atoms with Gasteiger partial charge in [0.1, 0.15) is 0 Å². The first-order valence-corrected chi connectivity index (χ1v) is 6.13. The Hall–Kier alpha value is -1.79. The first-order chi connectivity index (χ1) is 9.04. The number of benzene rings is 1. The van der Waals surface area contributed by atoms with Crippen LogP contribution in [0, 0.1) is 0 Å². The fraction of sp³-hybridized carbons (Fsp3) is 0.182. The molecule has 100 valence electrons. The third-order valence-corrected chi connectivity index (χ3v) is 2.96. The van der Waals surface area contributed by atoms with Crippen LogP contribution in [0.4, 0.5) is 5.69 Å². The third-order valence-electron chi connectivity index (χ3n) is 2.32. The number of nitrogens with zero attached hydrogens (tertiary/aromatic N) is 2. The molecule has 0 unspecified atom stereocenters. The summed E-state index contributed by atoms with van der Waals surface area (Å²) in [5.41, 5.74) is 6.46. The Morgan fingerprint density at radius 1 is 1.42 bits per heavy atom. The molecule has 0 aliphatic rings. The normalized spacial score (nSPS) is 10.5. The number of anilines is 1. The molecule has 0 aliphatic heterocycles. The van der Waals surface area contributed by atoms with Crippen LogP contribution in [-0.4, -0.2) is 27.8 Å². The smallest absolute Gasteiger partial charge is 0.375 e. The molecule has 6 nitrogen and oxygen atoms in total. The summed E-state index contributed by atoms with van der Waals surface area (Å²) < 4.78 is 4.80. The van der Waals surface area contributed by atoms with Crippen molar-refractivity contribution in [3.8, 4) is 11.4 Å². The Morgan fingerprint density at radius 3 is 2.79 bits per heavy atom. The van der Waals surface area contributed by atoms with Gasteiger partial charge in [-0.25, -0.2) is 9.78 Å². The summed E-state index contributed by atoms with van der Waals surface area (Å²) >= 11 is 12.0. The van der Waals surface area contributed by atoms with Gasteiger partial charge in [-0.1, -0.05) is 23.2 Å². The van der Waals surface area contributed by atoms with Crippen LogP contribution in [0.15, 0.2) is 12.1 Å². The van der Waals surface area contributed by atoms with E-state index in [0.29, 0.717) is 15.6 Å². The molecule has 0 spiro atoms. The SMILES string of the molecule is CCOC(=O)c1nc(-c2c(Cl)ccc(Cl)c2N)n[nH]1. The standard InChI is InChI=1S/C11H10Cl2N4O2/c1-2-19-11(18)10-15-9(16-17-10)7-5(12)3-4-6(13)8(7)14/h3-4H,2,14H2,1H3,(H,15,16,17). The summed E-state index contributed by atoms with van der Waals surface area (Å²) in [5.74, 6) is -0.432. The second kappa shape index (κ2) is 5.46. The molecule has 2 aromatic rings. The van der Waals surface area contributed by atoms with Crippen LogP contribution >= 0.6 is 23.2 Å². The fourth-order valence-corrected chi connectivity index (χ4v) is 1.87. The lowest BCUT2D eigenvalue weighted by atomic mass is 10.1. The highest BCUT2D eigenvalue weighted by Gasteiger charge is 2.18. The van der Waals surface area contributed by atoms with Gasteiger partial charge in [0.05, 0.1) is 27.9 Å². The Bertz CT molecular complexity index is 627. The van der Waals surface area contributed by atoms with Crippen LogP contribution in [0.5, 0.6) is 0 Å². The maximum Gasteiger partial charge on any atom is 0.375 e. The number of carbonyl (C=O) groups excluding carboxylic acids is 1. The molecule has 0 aliphatic carbocycles. The van der Waals surface area contributed by atoms with Crippen molar-refractivity contribution in [3.05, 3.63) is 28.0 Å². The number of aromatic amines is 1. The monoisotopic (exact) mass is 300 g/mol. The molecule has 8 heteroatoms. The van der Waals surface area contributed by atoms with Crippen LogP contribution in [0.1, 0.15) is 17.5 Å². The summed E-state index contributed by atoms with van der Waals surface area (Å²) in [6, 6.07) is 3.15. The van der Waals surface area contributed by atoms with E-state index in [1.165, 1.54) is 0 Å². The average molecular weight is 301 g/mol. The molecule has 0 amide bonds. The van der Waals surface area contributed by atoms with E-state index in [0.717, 1.165) is 0 Å². The maximum absolute atomic E-state index is 11.5. The van der Waals surface area contributed by atoms with E-state index in [9.17, 15) is 4.79 Å². The Balaban J connectivity index is 2.44. The van der Waals surface area contributed by atoms with Crippen molar-refractivity contribution in [2.75, 3.05) is 12.3 Å². The van der Waals surface area contributed by atoms with Crippen LogP contribution in [0.25, 0.3) is 11.4 Å². The molecule has 0 bridgehead atoms. The number of carbonyl (C=O) groups is 1. The van der Waals surface area contributed by atoms with Gasteiger partial charge in [0, 0.05) is 0 Å². The topological polar surface area (TPSA) is 93.9 Å². The molecule has 2 rings (SSSR count). The van der Waals surface area contributed by atoms with E-state index in [1.54, 1.807) is 19.1 Å². The second-order valence-electron chi connectivity index (χ2n) is 3.55. The zero-order valence-corrected chi connectivity index (χ0v) is 11.4. The minimum Gasteiger partial charge on any atom is -0.460 e. The van der Waals surface area contributed by atoms with Crippen molar-refractivity contribution in [3.63, 3.8) is 0 Å². The number of nitrogens with one attached hydrogen (secondary N) is 1. The van der Waals surface area contributed by atoms with Gasteiger partial charge in [0.25, 0.3) is 0 Å². The zero-order valence-electron chi connectivity index (χ0n) is 9.91. The summed E-state index contributed by atoms with van der Waals surface area (Å²) in [4.78, 5) is 15.5. The minimum absolute atomic E-state index is 0.0210. The first-order valence-electron chi connectivity index (χ1n) is 5.38. The second-order valence-corrected chi connectivity index (χ2v) is 4.36. The van der Waals surface area contributed by atoms with Crippen molar-refractivity contribution >= 4 is 34.9 Å². The number of esters is 1. The van der Waals surface area contributed by atoms with E-state index >= 15 is 0 Å². The molecule has 0 fully saturated rings. The van der Waals surface area contributed by atoms with E-state index in [4.69, 9.17) is 33.7 Å². The summed E-state index contributed by atoms with van der Waals surface area (Å²) in [6.45, 7) is 1.94. The van der Waals surface area contributed by atoms with Crippen LogP contribution < -0.4 is 5.73 Å². The zero-order chi connectivity index (χ0) is 14.0. The summed E-state index contributed by atoms with van der Waals surface area (Å²) in [5, 5.41) is 7.04. The number of hydrogen-bond acceptors (Lipinski definition) is 5. The van der Waals surface area contributed by atoms with Gasteiger partial charge in [-0.05, 0) is 19.1 Å². The van der Waals surface area contributed by atoms with Gasteiger partial charge in [-0.2, -0.15) is 5.10 Å². The predicted octanol–water partition coefficient (Wildman–Crippen LogP) is 2.54.